The first-order valence-electron chi connectivity index (χ1n) is 6.00. The lowest BCUT2D eigenvalue weighted by atomic mass is 10.3. The van der Waals surface area contributed by atoms with E-state index in [4.69, 9.17) is 0 Å². The first-order valence-corrected chi connectivity index (χ1v) is 6.00. The summed E-state index contributed by atoms with van der Waals surface area (Å²) in [6.07, 6.45) is 2.03. The Bertz CT molecular complexity index is 347. The van der Waals surface area contributed by atoms with E-state index < -0.39 is 0 Å². The summed E-state index contributed by atoms with van der Waals surface area (Å²) in [5.41, 5.74) is 0. The van der Waals surface area contributed by atoms with Crippen LogP contribution in [0.4, 0.5) is 0 Å². The molecule has 0 radical (unpaired) electrons. The van der Waals surface area contributed by atoms with Gasteiger partial charge in [0.1, 0.15) is 12.2 Å². The summed E-state index contributed by atoms with van der Waals surface area (Å²) in [6.45, 7) is 8.03. The Morgan fingerprint density at radius 3 is 2.94 bits per heavy atom. The summed E-state index contributed by atoms with van der Waals surface area (Å²) < 4.78 is 1.83. The molecule has 0 aliphatic heterocycles. The molecule has 2 N–H and O–H groups in total. The second-order valence-corrected chi connectivity index (χ2v) is 4.14. The van der Waals surface area contributed by atoms with E-state index in [2.05, 4.69) is 20.7 Å². The number of nitrogens with one attached hydrogen (secondary N) is 2. The van der Waals surface area contributed by atoms with Gasteiger partial charge in [0, 0.05) is 25.6 Å². The quantitative estimate of drug-likeness (QED) is 0.671. The van der Waals surface area contributed by atoms with Gasteiger partial charge in [0.25, 0.3) is 0 Å². The molecule has 6 nitrogen and oxygen atoms in total. The Morgan fingerprint density at radius 2 is 2.29 bits per heavy atom. The van der Waals surface area contributed by atoms with Gasteiger partial charge in [0.15, 0.2) is 0 Å². The molecule has 0 unspecified atom stereocenters. The van der Waals surface area contributed by atoms with Crippen molar-refractivity contribution in [1.82, 2.24) is 25.4 Å². The number of nitrogens with zero attached hydrogens (tertiary/aromatic N) is 3. The van der Waals surface area contributed by atoms with Gasteiger partial charge in [-0.1, -0.05) is 0 Å². The average Bonchev–Trinajstić information content (AvgIpc) is 2.70. The number of carbonyl (C=O) groups is 1. The third-order valence-electron chi connectivity index (χ3n) is 2.26. The van der Waals surface area contributed by atoms with Gasteiger partial charge >= 0.3 is 0 Å². The molecular formula is C11H21N5O. The van der Waals surface area contributed by atoms with Crippen molar-refractivity contribution in [3.8, 4) is 0 Å². The van der Waals surface area contributed by atoms with E-state index in [0.717, 1.165) is 12.4 Å². The molecule has 1 aromatic rings. The SMILES string of the molecule is CCn1ncnc1CNCCC(=O)NC(C)C. The van der Waals surface area contributed by atoms with Gasteiger partial charge in [0.2, 0.25) is 5.91 Å². The Morgan fingerprint density at radius 1 is 1.53 bits per heavy atom. The third kappa shape index (κ3) is 4.95. The van der Waals surface area contributed by atoms with Crippen molar-refractivity contribution < 1.29 is 4.79 Å². The molecular weight excluding hydrogens is 218 g/mol. The molecule has 1 aromatic heterocycles. The molecule has 0 aliphatic rings. The molecule has 1 amide bonds. The number of aromatic nitrogens is 3. The van der Waals surface area contributed by atoms with Gasteiger partial charge in [-0.15, -0.1) is 0 Å². The highest BCUT2D eigenvalue weighted by molar-refractivity contribution is 5.76. The molecule has 6 heteroatoms. The van der Waals surface area contributed by atoms with E-state index in [-0.39, 0.29) is 11.9 Å². The summed E-state index contributed by atoms with van der Waals surface area (Å²) in [7, 11) is 0. The molecule has 0 aliphatic carbocycles. The summed E-state index contributed by atoms with van der Waals surface area (Å²) in [5, 5.41) is 10.1. The molecule has 0 saturated heterocycles. The van der Waals surface area contributed by atoms with Crippen LogP contribution >= 0.6 is 0 Å². The lowest BCUT2D eigenvalue weighted by Gasteiger charge is -2.08. The first kappa shape index (κ1) is 13.6. The average molecular weight is 239 g/mol. The summed E-state index contributed by atoms with van der Waals surface area (Å²) >= 11 is 0. The number of hydrogen-bond acceptors (Lipinski definition) is 4. The predicted octanol–water partition coefficient (Wildman–Crippen LogP) is 0.302. The topological polar surface area (TPSA) is 71.8 Å². The number of rotatable bonds is 7. The minimum atomic E-state index is 0.0736. The zero-order chi connectivity index (χ0) is 12.7. The number of carbonyl (C=O) groups excluding carboxylic acids is 1. The summed E-state index contributed by atoms with van der Waals surface area (Å²) in [4.78, 5) is 15.5. The second-order valence-electron chi connectivity index (χ2n) is 4.14. The van der Waals surface area contributed by atoms with Crippen LogP contribution in [0.3, 0.4) is 0 Å². The van der Waals surface area contributed by atoms with Crippen LogP contribution in [0.25, 0.3) is 0 Å². The fourth-order valence-electron chi connectivity index (χ4n) is 1.49. The van der Waals surface area contributed by atoms with Crippen LogP contribution in [0.15, 0.2) is 6.33 Å². The van der Waals surface area contributed by atoms with Gasteiger partial charge in [-0.25, -0.2) is 9.67 Å². The van der Waals surface area contributed by atoms with Gasteiger partial charge in [0.05, 0.1) is 6.54 Å². The highest BCUT2D eigenvalue weighted by atomic mass is 16.1. The first-order chi connectivity index (χ1) is 8.13. The van der Waals surface area contributed by atoms with E-state index in [0.29, 0.717) is 19.5 Å². The highest BCUT2D eigenvalue weighted by Gasteiger charge is 2.04. The number of hydrogen-bond donors (Lipinski definition) is 2. The molecule has 0 fully saturated rings. The summed E-state index contributed by atoms with van der Waals surface area (Å²) in [5.74, 6) is 0.973. The van der Waals surface area contributed by atoms with Gasteiger partial charge < -0.3 is 10.6 Å². The van der Waals surface area contributed by atoms with Crippen LogP contribution in [0.5, 0.6) is 0 Å². The van der Waals surface area contributed by atoms with Crippen LogP contribution in [-0.2, 0) is 17.9 Å². The van der Waals surface area contributed by atoms with Crippen LogP contribution in [0, 0.1) is 0 Å². The molecule has 1 heterocycles. The van der Waals surface area contributed by atoms with E-state index in [1.807, 2.05) is 25.5 Å². The third-order valence-corrected chi connectivity index (χ3v) is 2.26. The molecule has 0 bridgehead atoms. The minimum Gasteiger partial charge on any atom is -0.354 e. The highest BCUT2D eigenvalue weighted by Crippen LogP contribution is 1.93. The number of aryl methyl sites for hydroxylation is 1. The molecule has 0 aromatic carbocycles. The van der Waals surface area contributed by atoms with Gasteiger partial charge in [-0.05, 0) is 20.8 Å². The lowest BCUT2D eigenvalue weighted by Crippen LogP contribution is -2.32. The van der Waals surface area contributed by atoms with Crippen LogP contribution in [-0.4, -0.2) is 33.3 Å². The Kier molecular flexibility index (Phi) is 5.62. The van der Waals surface area contributed by atoms with Crippen molar-refractivity contribution in [3.63, 3.8) is 0 Å². The zero-order valence-electron chi connectivity index (χ0n) is 10.7. The van der Waals surface area contributed by atoms with Crippen LogP contribution in [0.2, 0.25) is 0 Å². The van der Waals surface area contributed by atoms with Gasteiger partial charge in [-0.3, -0.25) is 4.79 Å². The van der Waals surface area contributed by atoms with E-state index >= 15 is 0 Å². The number of amides is 1. The monoisotopic (exact) mass is 239 g/mol. The van der Waals surface area contributed by atoms with Crippen molar-refractivity contribution in [2.24, 2.45) is 0 Å². The zero-order valence-corrected chi connectivity index (χ0v) is 10.7. The molecule has 96 valence electrons. The van der Waals surface area contributed by atoms with Crippen molar-refractivity contribution in [2.45, 2.75) is 46.3 Å². The van der Waals surface area contributed by atoms with Crippen molar-refractivity contribution >= 4 is 5.91 Å². The molecule has 17 heavy (non-hydrogen) atoms. The summed E-state index contributed by atoms with van der Waals surface area (Å²) in [6, 6.07) is 0.200. The molecule has 0 atom stereocenters. The van der Waals surface area contributed by atoms with E-state index in [1.165, 1.54) is 0 Å². The Balaban J connectivity index is 2.18. The maximum Gasteiger partial charge on any atom is 0.221 e. The van der Waals surface area contributed by atoms with Crippen LogP contribution in [0.1, 0.15) is 33.0 Å². The smallest absolute Gasteiger partial charge is 0.221 e. The van der Waals surface area contributed by atoms with Crippen molar-refractivity contribution in [1.29, 1.82) is 0 Å². The maximum absolute atomic E-state index is 11.4. The molecule has 1 rings (SSSR count). The fourth-order valence-corrected chi connectivity index (χ4v) is 1.49. The lowest BCUT2D eigenvalue weighted by molar-refractivity contribution is -0.121. The fraction of sp³-hybridized carbons (Fsp3) is 0.727. The van der Waals surface area contributed by atoms with Crippen LogP contribution < -0.4 is 10.6 Å². The van der Waals surface area contributed by atoms with Crippen molar-refractivity contribution in [3.05, 3.63) is 12.2 Å². The minimum absolute atomic E-state index is 0.0736. The standard InChI is InChI=1S/C11H21N5O/c1-4-16-10(13-8-14-16)7-12-6-5-11(17)15-9(2)3/h8-9,12H,4-7H2,1-3H3,(H,15,17). The second kappa shape index (κ2) is 7.01. The van der Waals surface area contributed by atoms with E-state index in [9.17, 15) is 4.79 Å². The van der Waals surface area contributed by atoms with Gasteiger partial charge in [-0.2, -0.15) is 5.10 Å². The Labute approximate surface area is 102 Å². The van der Waals surface area contributed by atoms with E-state index in [1.54, 1.807) is 6.33 Å². The normalized spacial score (nSPS) is 10.8. The molecule has 0 spiro atoms. The predicted molar refractivity (Wildman–Crippen MR) is 65.3 cm³/mol. The maximum atomic E-state index is 11.4. The Hall–Kier alpha value is -1.43. The van der Waals surface area contributed by atoms with Crippen molar-refractivity contribution in [2.75, 3.05) is 6.54 Å². The molecule has 0 saturated carbocycles. The largest absolute Gasteiger partial charge is 0.354 e.